The monoisotopic (exact) mass is 599 g/mol. The molecule has 6 rings (SSSR count). The van der Waals surface area contributed by atoms with E-state index in [1.54, 1.807) is 35.0 Å². The Kier molecular flexibility index (Phi) is 5.45. The van der Waals surface area contributed by atoms with E-state index in [2.05, 4.69) is 42.2 Å². The number of fused-ring (bicyclic) bond motifs is 4. The Morgan fingerprint density at radius 2 is 1.89 bits per heavy atom. The van der Waals surface area contributed by atoms with Crippen molar-refractivity contribution in [1.29, 1.82) is 0 Å². The van der Waals surface area contributed by atoms with Crippen LogP contribution in [0, 0.1) is 5.82 Å². The number of ether oxygens (including phenoxy) is 1. The van der Waals surface area contributed by atoms with Gasteiger partial charge in [-0.05, 0) is 40.2 Å². The van der Waals surface area contributed by atoms with Crippen LogP contribution in [0.5, 0.6) is 11.6 Å². The molecule has 0 aliphatic heterocycles. The molecule has 0 spiro atoms. The van der Waals surface area contributed by atoms with E-state index in [1.165, 1.54) is 17.1 Å². The largest absolute Gasteiger partial charge is 0.438 e. The highest BCUT2D eigenvalue weighted by molar-refractivity contribution is 14.2. The summed E-state index contributed by atoms with van der Waals surface area (Å²) in [5.41, 5.74) is 2.09. The molecular weight excluding hydrogens is 583 g/mol. The molecule has 4 heterocycles. The second kappa shape index (κ2) is 8.65. The lowest BCUT2D eigenvalue weighted by Crippen LogP contribution is -2.24. The summed E-state index contributed by atoms with van der Waals surface area (Å²) < 4.78 is 25.1. The predicted molar refractivity (Wildman–Crippen MR) is 141 cm³/mol. The fourth-order valence-corrected chi connectivity index (χ4v) is 5.60. The molecule has 174 valence electrons. The topological polar surface area (TPSA) is 92.7 Å². The van der Waals surface area contributed by atoms with Crippen LogP contribution in [0.25, 0.3) is 32.8 Å². The van der Waals surface area contributed by atoms with Crippen LogP contribution >= 0.6 is 28.4 Å². The highest BCUT2D eigenvalue weighted by atomic mass is 127. The van der Waals surface area contributed by atoms with E-state index < -0.39 is 0 Å². The molecule has 12 heteroatoms. The molecule has 1 unspecified atom stereocenters. The number of aromatic nitrogens is 7. The lowest BCUT2D eigenvalue weighted by Gasteiger charge is -2.07. The third-order valence-electron chi connectivity index (χ3n) is 5.88. The minimum Gasteiger partial charge on any atom is -0.438 e. The molecule has 0 radical (unpaired) electrons. The number of rotatable bonds is 5. The molecule has 0 saturated carbocycles. The number of nitrogens with zero attached hydrogens (tertiary/aromatic N) is 7. The number of hydrogen-bond acceptors (Lipinski definition) is 6. The van der Waals surface area contributed by atoms with Crippen LogP contribution in [-0.2, 0) is 13.6 Å². The first-order valence-corrected chi connectivity index (χ1v) is 14.6. The van der Waals surface area contributed by atoms with Crippen LogP contribution in [0.15, 0.2) is 66.0 Å². The molecule has 2 aromatic carbocycles. The Balaban J connectivity index is 1.43. The van der Waals surface area contributed by atoms with Crippen molar-refractivity contribution >= 4 is 61.3 Å². The van der Waals surface area contributed by atoms with Crippen LogP contribution < -0.4 is 10.3 Å². The van der Waals surface area contributed by atoms with Crippen molar-refractivity contribution in [3.63, 3.8) is 0 Å². The van der Waals surface area contributed by atoms with Crippen molar-refractivity contribution in [2.45, 2.75) is 6.54 Å². The van der Waals surface area contributed by atoms with Gasteiger partial charge in [-0.15, -0.1) is 0 Å². The average molecular weight is 599 g/mol. The lowest BCUT2D eigenvalue weighted by atomic mass is 10.2. The number of hydrogen-bond donors (Lipinski definition) is 0. The summed E-state index contributed by atoms with van der Waals surface area (Å²) in [7, 11) is 1.82. The van der Waals surface area contributed by atoms with E-state index in [-0.39, 0.29) is 17.9 Å². The van der Waals surface area contributed by atoms with Crippen molar-refractivity contribution in [2.75, 3.05) is 0 Å². The minimum atomic E-state index is -0.372. The Bertz CT molecular complexity index is 1810. The molecular formula is C23H16FIN7O2P. The van der Waals surface area contributed by atoms with Gasteiger partial charge < -0.3 is 9.30 Å². The first kappa shape index (κ1) is 22.1. The van der Waals surface area contributed by atoms with Crippen LogP contribution in [0.2, 0.25) is 0 Å². The van der Waals surface area contributed by atoms with Gasteiger partial charge in [0.05, 0.1) is 30.8 Å². The van der Waals surface area contributed by atoms with Gasteiger partial charge in [0.1, 0.15) is 28.8 Å². The second-order valence-electron chi connectivity index (χ2n) is 7.86. The Labute approximate surface area is 211 Å². The second-order valence-corrected chi connectivity index (χ2v) is 9.90. The van der Waals surface area contributed by atoms with Crippen LogP contribution in [-0.4, -0.2) is 33.9 Å². The Morgan fingerprint density at radius 1 is 1.06 bits per heavy atom. The quantitative estimate of drug-likeness (QED) is 0.209. The van der Waals surface area contributed by atoms with Crippen molar-refractivity contribution in [2.24, 2.45) is 7.05 Å². The average Bonchev–Trinajstić information content (AvgIpc) is 3.42. The fourth-order valence-electron chi connectivity index (χ4n) is 4.18. The summed E-state index contributed by atoms with van der Waals surface area (Å²) >= 11 is 2.24. The zero-order valence-electron chi connectivity index (χ0n) is 18.2. The first-order chi connectivity index (χ1) is 17.0. The van der Waals surface area contributed by atoms with Crippen LogP contribution in [0.1, 0.15) is 5.56 Å². The van der Waals surface area contributed by atoms with Gasteiger partial charge in [0.15, 0.2) is 5.65 Å². The van der Waals surface area contributed by atoms with Gasteiger partial charge in [0.25, 0.3) is 5.56 Å². The fraction of sp³-hybridized carbons (Fsp3) is 0.0870. The molecule has 4 aromatic heterocycles. The summed E-state index contributed by atoms with van der Waals surface area (Å²) in [6.45, 7) is 0.0481. The van der Waals surface area contributed by atoms with Crippen LogP contribution in [0.3, 0.4) is 0 Å². The van der Waals surface area contributed by atoms with Crippen molar-refractivity contribution < 1.29 is 9.13 Å². The number of benzene rings is 2. The van der Waals surface area contributed by atoms with E-state index in [0.29, 0.717) is 40.1 Å². The summed E-state index contributed by atoms with van der Waals surface area (Å²) in [6.07, 6.45) is 5.19. The maximum Gasteiger partial charge on any atom is 0.291 e. The molecule has 0 fully saturated rings. The number of aryl methyl sites for hydroxylation is 1. The first-order valence-electron chi connectivity index (χ1n) is 10.5. The SMILES string of the molecule is Cn1c2cc(Oc3ncnc4c3cnn4PI)ccc2c2cnn(Cc3ccccc3F)c(=O)c21. The van der Waals surface area contributed by atoms with E-state index in [1.807, 2.05) is 29.8 Å². The maximum absolute atomic E-state index is 14.1. The standard InChI is InChI=1S/C23H16FIN7O2P/c1-30-19-8-14(34-22-17-10-29-32(35-25)21(17)26-12-27-22)6-7-15(19)16-9-28-31(23(33)20(16)30)11-13-4-2-3-5-18(13)24/h2-10,12,35H,11H2,1H3. The summed E-state index contributed by atoms with van der Waals surface area (Å²) in [6, 6.07) is 11.9. The summed E-state index contributed by atoms with van der Waals surface area (Å²) in [5.74, 6) is 0.596. The normalized spacial score (nSPS) is 12.0. The lowest BCUT2D eigenvalue weighted by molar-refractivity contribution is 0.468. The van der Waals surface area contributed by atoms with Gasteiger partial charge in [0.2, 0.25) is 5.88 Å². The summed E-state index contributed by atoms with van der Waals surface area (Å²) in [4.78, 5) is 21.9. The third-order valence-corrected chi connectivity index (χ3v) is 7.73. The molecule has 0 N–H and O–H groups in total. The van der Waals surface area contributed by atoms with Crippen molar-refractivity contribution in [3.8, 4) is 11.6 Å². The Hall–Kier alpha value is -3.44. The molecule has 0 aliphatic rings. The minimum absolute atomic E-state index is 0.0481. The zero-order valence-corrected chi connectivity index (χ0v) is 21.3. The van der Waals surface area contributed by atoms with Crippen molar-refractivity contribution in [3.05, 3.63) is 82.9 Å². The molecule has 35 heavy (non-hydrogen) atoms. The maximum atomic E-state index is 14.1. The van der Waals surface area contributed by atoms with E-state index in [4.69, 9.17) is 4.74 Å². The van der Waals surface area contributed by atoms with Gasteiger partial charge in [-0.25, -0.2) is 23.5 Å². The molecule has 0 bridgehead atoms. The van der Waals surface area contributed by atoms with E-state index >= 15 is 0 Å². The molecule has 9 nitrogen and oxygen atoms in total. The highest BCUT2D eigenvalue weighted by Crippen LogP contribution is 2.34. The summed E-state index contributed by atoms with van der Waals surface area (Å²) in [5, 5.41) is 10.9. The van der Waals surface area contributed by atoms with Gasteiger partial charge in [-0.2, -0.15) is 10.2 Å². The predicted octanol–water partition coefficient (Wildman–Crippen LogP) is 4.80. The molecule has 6 aromatic rings. The van der Waals surface area contributed by atoms with Gasteiger partial charge in [0, 0.05) is 29.4 Å². The molecule has 0 aliphatic carbocycles. The van der Waals surface area contributed by atoms with Gasteiger partial charge >= 0.3 is 0 Å². The Morgan fingerprint density at radius 3 is 2.71 bits per heavy atom. The molecule has 1 atom stereocenters. The van der Waals surface area contributed by atoms with Gasteiger partial charge in [-0.3, -0.25) is 4.79 Å². The van der Waals surface area contributed by atoms with Gasteiger partial charge in [-0.1, -0.05) is 18.2 Å². The zero-order chi connectivity index (χ0) is 24.1. The van der Waals surface area contributed by atoms with E-state index in [9.17, 15) is 9.18 Å². The molecule has 0 amide bonds. The molecule has 0 saturated heterocycles. The number of halogens is 2. The van der Waals surface area contributed by atoms with Crippen molar-refractivity contribution in [1.82, 2.24) is 33.9 Å². The highest BCUT2D eigenvalue weighted by Gasteiger charge is 2.17. The van der Waals surface area contributed by atoms with E-state index in [0.717, 1.165) is 16.3 Å². The third kappa shape index (κ3) is 3.66. The van der Waals surface area contributed by atoms with Crippen LogP contribution in [0.4, 0.5) is 4.39 Å². The smallest absolute Gasteiger partial charge is 0.291 e.